The summed E-state index contributed by atoms with van der Waals surface area (Å²) in [7, 11) is -3.94. The van der Waals surface area contributed by atoms with Crippen molar-refractivity contribution >= 4 is 51.2 Å². The summed E-state index contributed by atoms with van der Waals surface area (Å²) in [5, 5.41) is 11.1. The molecule has 0 saturated carbocycles. The molecule has 0 atom stereocenters. The van der Waals surface area contributed by atoms with Crippen LogP contribution in [-0.4, -0.2) is 48.2 Å². The van der Waals surface area contributed by atoms with Gasteiger partial charge in [0.15, 0.2) is 0 Å². The summed E-state index contributed by atoms with van der Waals surface area (Å²) in [6.07, 6.45) is 0. The Morgan fingerprint density at radius 2 is 2.27 bits per heavy atom. The standard InChI is InChI=1S/C2H3N3O3S2.Na.H/c3-10(6,7)8-2-5-4-1-9-2;;/h1H,(H2,3,6,7);;. The first-order valence-electron chi connectivity index (χ1n) is 2.06. The minimum atomic E-state index is -3.94. The van der Waals surface area contributed by atoms with Gasteiger partial charge in [0.2, 0.25) is 0 Å². The number of nitrogens with zero attached hydrogens (tertiary/aromatic N) is 2. The van der Waals surface area contributed by atoms with Crippen LogP contribution in [0, 0.1) is 0 Å². The molecule has 0 unspecified atom stereocenters. The van der Waals surface area contributed by atoms with Gasteiger partial charge in [0, 0.05) is 0 Å². The zero-order valence-electron chi connectivity index (χ0n) is 4.59. The Morgan fingerprint density at radius 1 is 1.64 bits per heavy atom. The maximum atomic E-state index is 10.2. The van der Waals surface area contributed by atoms with Gasteiger partial charge in [-0.25, -0.2) is 0 Å². The van der Waals surface area contributed by atoms with Gasteiger partial charge in [-0.2, -0.15) is 13.6 Å². The molecule has 2 N–H and O–H groups in total. The van der Waals surface area contributed by atoms with Crippen LogP contribution in [0.1, 0.15) is 0 Å². The first-order chi connectivity index (χ1) is 4.58. The second-order valence-electron chi connectivity index (χ2n) is 1.28. The molecular formula is C2H4N3NaO3S2. The van der Waals surface area contributed by atoms with E-state index in [1.807, 2.05) is 0 Å². The summed E-state index contributed by atoms with van der Waals surface area (Å²) in [4.78, 5) is 0. The second-order valence-corrected chi connectivity index (χ2v) is 3.23. The Kier molecular flexibility index (Phi) is 4.44. The van der Waals surface area contributed by atoms with Gasteiger partial charge < -0.3 is 4.18 Å². The molecule has 6 nitrogen and oxygen atoms in total. The van der Waals surface area contributed by atoms with Crippen molar-refractivity contribution in [2.75, 3.05) is 0 Å². The van der Waals surface area contributed by atoms with E-state index >= 15 is 0 Å². The third kappa shape index (κ3) is 4.67. The molecule has 0 saturated heterocycles. The second kappa shape index (κ2) is 4.33. The average molecular weight is 205 g/mol. The van der Waals surface area contributed by atoms with Crippen LogP contribution in [0.3, 0.4) is 0 Å². The molecule has 58 valence electrons. The van der Waals surface area contributed by atoms with Gasteiger partial charge in [-0.1, -0.05) is 16.4 Å². The van der Waals surface area contributed by atoms with Crippen molar-refractivity contribution in [3.63, 3.8) is 0 Å². The molecule has 0 aromatic carbocycles. The minimum absolute atomic E-state index is 0. The molecule has 0 fully saturated rings. The van der Waals surface area contributed by atoms with E-state index < -0.39 is 10.3 Å². The number of nitrogens with two attached hydrogens (primary N) is 1. The summed E-state index contributed by atoms with van der Waals surface area (Å²) in [6, 6.07) is 0. The van der Waals surface area contributed by atoms with Crippen LogP contribution in [0.4, 0.5) is 0 Å². The molecule has 0 bridgehead atoms. The van der Waals surface area contributed by atoms with Gasteiger partial charge in [-0.15, -0.1) is 5.10 Å². The van der Waals surface area contributed by atoms with Gasteiger partial charge in [-0.3, -0.25) is 0 Å². The van der Waals surface area contributed by atoms with E-state index in [2.05, 4.69) is 19.5 Å². The topological polar surface area (TPSA) is 95.2 Å². The first-order valence-corrected chi connectivity index (χ1v) is 4.41. The summed E-state index contributed by atoms with van der Waals surface area (Å²) in [6.45, 7) is 0. The van der Waals surface area contributed by atoms with E-state index in [1.165, 1.54) is 5.51 Å². The number of aromatic nitrogens is 2. The van der Waals surface area contributed by atoms with Crippen molar-refractivity contribution in [3.05, 3.63) is 5.51 Å². The van der Waals surface area contributed by atoms with E-state index in [9.17, 15) is 8.42 Å². The fourth-order valence-corrected chi connectivity index (χ4v) is 1.25. The van der Waals surface area contributed by atoms with Gasteiger partial charge in [0.25, 0.3) is 0 Å². The molecule has 0 spiro atoms. The number of hydrogen-bond donors (Lipinski definition) is 1. The zero-order chi connectivity index (χ0) is 7.61. The molecular weight excluding hydrogens is 201 g/mol. The predicted octanol–water partition coefficient (Wildman–Crippen LogP) is -1.53. The van der Waals surface area contributed by atoms with Crippen molar-refractivity contribution in [1.82, 2.24) is 10.2 Å². The van der Waals surface area contributed by atoms with Crippen LogP contribution < -0.4 is 9.32 Å². The van der Waals surface area contributed by atoms with Crippen LogP contribution in [0.25, 0.3) is 0 Å². The van der Waals surface area contributed by atoms with Crippen LogP contribution in [0.2, 0.25) is 0 Å². The first kappa shape index (κ1) is 11.3. The molecule has 0 aliphatic rings. The van der Waals surface area contributed by atoms with E-state index in [4.69, 9.17) is 0 Å². The summed E-state index contributed by atoms with van der Waals surface area (Å²) in [5.74, 6) is 0. The summed E-state index contributed by atoms with van der Waals surface area (Å²) in [5.41, 5.74) is 1.33. The fraction of sp³-hybridized carbons (Fsp3) is 0. The molecule has 0 aliphatic heterocycles. The van der Waals surface area contributed by atoms with Crippen LogP contribution in [0.5, 0.6) is 5.19 Å². The molecule has 1 heterocycles. The van der Waals surface area contributed by atoms with E-state index in [0.29, 0.717) is 0 Å². The Balaban J connectivity index is 0.000001000. The van der Waals surface area contributed by atoms with Gasteiger partial charge in [0.1, 0.15) is 5.51 Å². The maximum absolute atomic E-state index is 10.2. The fourth-order valence-electron chi connectivity index (χ4n) is 0.299. The molecule has 1 rings (SSSR count). The monoisotopic (exact) mass is 205 g/mol. The molecule has 9 heteroatoms. The summed E-state index contributed by atoms with van der Waals surface area (Å²) >= 11 is 0.946. The summed E-state index contributed by atoms with van der Waals surface area (Å²) < 4.78 is 24.5. The van der Waals surface area contributed by atoms with Crippen LogP contribution >= 0.6 is 11.3 Å². The quantitative estimate of drug-likeness (QED) is 0.591. The number of hydrogen-bond acceptors (Lipinski definition) is 6. The van der Waals surface area contributed by atoms with Crippen molar-refractivity contribution < 1.29 is 12.6 Å². The number of rotatable bonds is 2. The SMILES string of the molecule is NS(=O)(=O)Oc1nncs1.[NaH]. The third-order valence-electron chi connectivity index (χ3n) is 0.527. The third-order valence-corrected chi connectivity index (χ3v) is 1.59. The molecule has 11 heavy (non-hydrogen) atoms. The molecule has 1 aromatic rings. The van der Waals surface area contributed by atoms with E-state index in [-0.39, 0.29) is 34.8 Å². The molecule has 0 amide bonds. The zero-order valence-corrected chi connectivity index (χ0v) is 6.22. The Bertz CT molecular complexity index is 294. The molecule has 0 aliphatic carbocycles. The predicted molar refractivity (Wildman–Crippen MR) is 40.8 cm³/mol. The average Bonchev–Trinajstić information content (AvgIpc) is 2.12. The van der Waals surface area contributed by atoms with E-state index in [0.717, 1.165) is 11.3 Å². The van der Waals surface area contributed by atoms with E-state index in [1.54, 1.807) is 0 Å². The Hall–Kier alpha value is 0.270. The van der Waals surface area contributed by atoms with Gasteiger partial charge in [-0.05, 0) is 0 Å². The normalized spacial score (nSPS) is 10.3. The Labute approximate surface area is 89.3 Å². The Morgan fingerprint density at radius 3 is 2.64 bits per heavy atom. The molecule has 1 aromatic heterocycles. The van der Waals surface area contributed by atoms with Crippen molar-refractivity contribution in [2.24, 2.45) is 5.14 Å². The van der Waals surface area contributed by atoms with Crippen LogP contribution in [-0.2, 0) is 10.3 Å². The van der Waals surface area contributed by atoms with Crippen LogP contribution in [0.15, 0.2) is 5.51 Å². The van der Waals surface area contributed by atoms with Crippen molar-refractivity contribution in [2.45, 2.75) is 0 Å². The van der Waals surface area contributed by atoms with Gasteiger partial charge >= 0.3 is 45.1 Å². The van der Waals surface area contributed by atoms with Gasteiger partial charge in [0.05, 0.1) is 0 Å². The molecule has 0 radical (unpaired) electrons. The van der Waals surface area contributed by atoms with Crippen molar-refractivity contribution in [1.29, 1.82) is 0 Å². The van der Waals surface area contributed by atoms with Crippen molar-refractivity contribution in [3.8, 4) is 5.19 Å².